The number of para-hydroxylation sites is 1. The summed E-state index contributed by atoms with van der Waals surface area (Å²) < 4.78 is 10.3. The zero-order chi connectivity index (χ0) is 22.3. The topological polar surface area (TPSA) is 98.3 Å². The minimum atomic E-state index is -0.386. The van der Waals surface area contributed by atoms with E-state index in [1.807, 2.05) is 48.5 Å². The lowest BCUT2D eigenvalue weighted by atomic mass is 10.1. The van der Waals surface area contributed by atoms with Gasteiger partial charge < -0.3 is 20.1 Å². The number of rotatable bonds is 7. The third-order valence-electron chi connectivity index (χ3n) is 4.62. The Balaban J connectivity index is 1.54. The fourth-order valence-corrected chi connectivity index (χ4v) is 3.08. The number of pyridine rings is 3. The van der Waals surface area contributed by atoms with E-state index >= 15 is 0 Å². The summed E-state index contributed by atoms with van der Waals surface area (Å²) in [7, 11) is 2.94. The van der Waals surface area contributed by atoms with Crippen LogP contribution in [0.2, 0.25) is 0 Å². The fraction of sp³-hybridized carbons (Fsp3) is 0.0833. The van der Waals surface area contributed by atoms with Crippen molar-refractivity contribution in [2.75, 3.05) is 24.9 Å². The normalized spacial score (nSPS) is 10.3. The van der Waals surface area contributed by atoms with Crippen molar-refractivity contribution in [2.24, 2.45) is 0 Å². The van der Waals surface area contributed by atoms with Gasteiger partial charge in [-0.1, -0.05) is 18.2 Å². The zero-order valence-electron chi connectivity index (χ0n) is 17.6. The van der Waals surface area contributed by atoms with Gasteiger partial charge in [0.1, 0.15) is 17.2 Å². The summed E-state index contributed by atoms with van der Waals surface area (Å²) in [6.45, 7) is 0. The van der Waals surface area contributed by atoms with E-state index in [1.165, 1.54) is 14.2 Å². The lowest BCUT2D eigenvalue weighted by Crippen LogP contribution is -2.15. The molecule has 8 nitrogen and oxygen atoms in total. The molecule has 0 radical (unpaired) electrons. The largest absolute Gasteiger partial charge is 0.481 e. The van der Waals surface area contributed by atoms with Crippen molar-refractivity contribution in [3.63, 3.8) is 0 Å². The highest BCUT2D eigenvalue weighted by Crippen LogP contribution is 2.25. The van der Waals surface area contributed by atoms with Gasteiger partial charge in [-0.15, -0.1) is 0 Å². The summed E-state index contributed by atoms with van der Waals surface area (Å²) in [5.41, 5.74) is 3.04. The number of carbonyl (C=O) groups is 1. The number of nitrogens with zero attached hydrogens (tertiary/aromatic N) is 3. The monoisotopic (exact) mass is 427 g/mol. The second-order valence-electron chi connectivity index (χ2n) is 6.72. The summed E-state index contributed by atoms with van der Waals surface area (Å²) in [5, 5.41) is 6.07. The van der Waals surface area contributed by atoms with E-state index < -0.39 is 0 Å². The molecule has 0 aliphatic heterocycles. The number of carbonyl (C=O) groups excluding carboxylic acids is 1. The van der Waals surface area contributed by atoms with E-state index in [4.69, 9.17) is 9.47 Å². The molecule has 0 saturated carbocycles. The average molecular weight is 427 g/mol. The summed E-state index contributed by atoms with van der Waals surface area (Å²) in [6.07, 6.45) is 3.37. The number of hydrogen-bond donors (Lipinski definition) is 2. The van der Waals surface area contributed by atoms with Crippen LogP contribution in [0.1, 0.15) is 10.4 Å². The number of methoxy groups -OCH3 is 2. The van der Waals surface area contributed by atoms with Crippen LogP contribution in [0.4, 0.5) is 17.3 Å². The van der Waals surface area contributed by atoms with E-state index in [9.17, 15) is 4.79 Å². The Kier molecular flexibility index (Phi) is 6.22. The number of aromatic nitrogens is 3. The van der Waals surface area contributed by atoms with E-state index in [0.717, 1.165) is 16.8 Å². The second kappa shape index (κ2) is 9.57. The van der Waals surface area contributed by atoms with Crippen LogP contribution in [0.15, 0.2) is 79.1 Å². The Morgan fingerprint density at radius 1 is 0.812 bits per heavy atom. The van der Waals surface area contributed by atoms with Crippen LogP contribution in [0, 0.1) is 0 Å². The molecular weight excluding hydrogens is 406 g/mol. The van der Waals surface area contributed by atoms with Crippen molar-refractivity contribution in [2.45, 2.75) is 0 Å². The van der Waals surface area contributed by atoms with Gasteiger partial charge in [0.25, 0.3) is 5.91 Å². The number of ether oxygens (including phenoxy) is 2. The van der Waals surface area contributed by atoms with E-state index in [-0.39, 0.29) is 17.4 Å². The van der Waals surface area contributed by atoms with Gasteiger partial charge in [0.2, 0.25) is 11.8 Å². The van der Waals surface area contributed by atoms with Gasteiger partial charge in [0.05, 0.1) is 14.2 Å². The first-order chi connectivity index (χ1) is 15.7. The highest BCUT2D eigenvalue weighted by Gasteiger charge is 2.16. The molecule has 32 heavy (non-hydrogen) atoms. The fourth-order valence-electron chi connectivity index (χ4n) is 3.08. The van der Waals surface area contributed by atoms with Crippen LogP contribution < -0.4 is 20.1 Å². The zero-order valence-corrected chi connectivity index (χ0v) is 17.6. The molecule has 0 spiro atoms. The maximum Gasteiger partial charge on any atom is 0.262 e. The Morgan fingerprint density at radius 3 is 2.19 bits per heavy atom. The molecule has 8 heteroatoms. The van der Waals surface area contributed by atoms with E-state index in [0.29, 0.717) is 17.5 Å². The maximum atomic E-state index is 12.8. The number of anilines is 3. The lowest BCUT2D eigenvalue weighted by Gasteiger charge is -2.11. The Hall–Kier alpha value is -4.46. The van der Waals surface area contributed by atoms with Gasteiger partial charge in [-0.05, 0) is 53.6 Å². The minimum absolute atomic E-state index is 0.170. The van der Waals surface area contributed by atoms with Crippen molar-refractivity contribution >= 4 is 23.2 Å². The molecule has 3 heterocycles. The smallest absolute Gasteiger partial charge is 0.262 e. The number of benzene rings is 1. The predicted molar refractivity (Wildman–Crippen MR) is 122 cm³/mol. The van der Waals surface area contributed by atoms with Crippen LogP contribution in [0.25, 0.3) is 11.1 Å². The SMILES string of the molecule is COc1ccc(C(=O)Nc2cc(-c3ccnc(Nc4ccccc4)c3)ccn2)c(OC)n1. The Bertz CT molecular complexity index is 1230. The Labute approximate surface area is 185 Å². The highest BCUT2D eigenvalue weighted by molar-refractivity contribution is 6.05. The van der Waals surface area contributed by atoms with Crippen LogP contribution >= 0.6 is 0 Å². The summed E-state index contributed by atoms with van der Waals surface area (Å²) >= 11 is 0. The van der Waals surface area contributed by atoms with Crippen molar-refractivity contribution in [1.82, 2.24) is 15.0 Å². The molecule has 0 aliphatic rings. The molecule has 0 aliphatic carbocycles. The second-order valence-corrected chi connectivity index (χ2v) is 6.72. The van der Waals surface area contributed by atoms with Gasteiger partial charge in [-0.2, -0.15) is 4.98 Å². The third-order valence-corrected chi connectivity index (χ3v) is 4.62. The number of amides is 1. The number of nitrogens with one attached hydrogen (secondary N) is 2. The number of hydrogen-bond acceptors (Lipinski definition) is 7. The first kappa shape index (κ1) is 20.8. The molecule has 160 valence electrons. The van der Waals surface area contributed by atoms with Gasteiger partial charge >= 0.3 is 0 Å². The first-order valence-corrected chi connectivity index (χ1v) is 9.81. The van der Waals surface area contributed by atoms with Crippen LogP contribution in [-0.4, -0.2) is 35.1 Å². The molecule has 1 aromatic carbocycles. The van der Waals surface area contributed by atoms with Gasteiger partial charge in [0.15, 0.2) is 0 Å². The molecular formula is C24H21N5O3. The molecule has 0 atom stereocenters. The predicted octanol–water partition coefficient (Wildman–Crippen LogP) is 4.55. The van der Waals surface area contributed by atoms with E-state index in [2.05, 4.69) is 25.6 Å². The molecule has 4 aromatic rings. The summed E-state index contributed by atoms with van der Waals surface area (Å²) in [5.74, 6) is 1.26. The van der Waals surface area contributed by atoms with Crippen molar-refractivity contribution in [3.8, 4) is 22.9 Å². The third kappa shape index (κ3) is 4.81. The maximum absolute atomic E-state index is 12.8. The first-order valence-electron chi connectivity index (χ1n) is 9.81. The van der Waals surface area contributed by atoms with Crippen molar-refractivity contribution < 1.29 is 14.3 Å². The molecule has 0 saturated heterocycles. The molecule has 1 amide bonds. The van der Waals surface area contributed by atoms with Gasteiger partial charge in [-0.25, -0.2) is 9.97 Å². The van der Waals surface area contributed by atoms with Gasteiger partial charge in [-0.3, -0.25) is 4.79 Å². The van der Waals surface area contributed by atoms with Crippen LogP contribution in [0.3, 0.4) is 0 Å². The Morgan fingerprint density at radius 2 is 1.50 bits per heavy atom. The molecule has 0 bridgehead atoms. The average Bonchev–Trinajstić information content (AvgIpc) is 2.84. The van der Waals surface area contributed by atoms with Crippen LogP contribution in [0.5, 0.6) is 11.8 Å². The molecule has 4 rings (SSSR count). The van der Waals surface area contributed by atoms with E-state index in [1.54, 1.807) is 30.6 Å². The van der Waals surface area contributed by atoms with Crippen LogP contribution in [-0.2, 0) is 0 Å². The van der Waals surface area contributed by atoms with Crippen molar-refractivity contribution in [3.05, 3.63) is 84.7 Å². The standard InChI is InChI=1S/C24H21N5O3/c1-31-22-9-8-19(24(29-22)32-2)23(30)28-21-15-17(11-13-26-21)16-10-12-25-20(14-16)27-18-6-4-3-5-7-18/h3-15H,1-2H3,(H,25,27)(H,26,28,30). The van der Waals surface area contributed by atoms with Gasteiger partial charge in [0, 0.05) is 24.1 Å². The quantitative estimate of drug-likeness (QED) is 0.446. The molecule has 0 fully saturated rings. The molecule has 3 aromatic heterocycles. The minimum Gasteiger partial charge on any atom is -0.481 e. The summed E-state index contributed by atoms with van der Waals surface area (Å²) in [4.78, 5) is 25.5. The van der Waals surface area contributed by atoms with Crippen molar-refractivity contribution in [1.29, 1.82) is 0 Å². The molecule has 0 unspecified atom stereocenters. The summed E-state index contributed by atoms with van der Waals surface area (Å²) in [6, 6.07) is 20.5. The lowest BCUT2D eigenvalue weighted by molar-refractivity contribution is 0.102. The molecule has 2 N–H and O–H groups in total. The highest BCUT2D eigenvalue weighted by atomic mass is 16.5.